The molecular formula is C52H28N4S2. The van der Waals surface area contributed by atoms with Crippen LogP contribution in [-0.4, -0.2) is 19.1 Å². The molecule has 5 aromatic heterocycles. The third-order valence-corrected chi connectivity index (χ3v) is 14.5. The Morgan fingerprint density at radius 2 is 1.05 bits per heavy atom. The van der Waals surface area contributed by atoms with Gasteiger partial charge in [-0.3, -0.25) is 4.57 Å². The molecule has 8 aromatic carbocycles. The summed E-state index contributed by atoms with van der Waals surface area (Å²) in [5.74, 6) is 0.838. The number of para-hydroxylation sites is 3. The quantitative estimate of drug-likeness (QED) is 0.175. The van der Waals surface area contributed by atoms with E-state index < -0.39 is 0 Å². The van der Waals surface area contributed by atoms with E-state index in [2.05, 4.69) is 179 Å². The molecule has 1 aliphatic rings. The number of hydrogen-bond donors (Lipinski definition) is 0. The van der Waals surface area contributed by atoms with Gasteiger partial charge in [0.05, 0.1) is 27.8 Å². The number of benzene rings is 8. The summed E-state index contributed by atoms with van der Waals surface area (Å²) in [6, 6.07) is 62.2. The van der Waals surface area contributed by atoms with Gasteiger partial charge in [0.25, 0.3) is 0 Å². The van der Waals surface area contributed by atoms with Crippen molar-refractivity contribution in [1.82, 2.24) is 19.1 Å². The molecule has 0 saturated carbocycles. The van der Waals surface area contributed by atoms with Crippen molar-refractivity contribution in [3.8, 4) is 45.0 Å². The topological polar surface area (TPSA) is 35.6 Å². The molecule has 268 valence electrons. The van der Waals surface area contributed by atoms with Gasteiger partial charge < -0.3 is 4.57 Å². The third kappa shape index (κ3) is 3.98. The summed E-state index contributed by atoms with van der Waals surface area (Å²) < 4.78 is 8.67. The van der Waals surface area contributed by atoms with Gasteiger partial charge in [-0.1, -0.05) is 121 Å². The summed E-state index contributed by atoms with van der Waals surface area (Å²) in [4.78, 5) is 12.3. The Hall–Kier alpha value is -7.12. The van der Waals surface area contributed by atoms with E-state index in [0.29, 0.717) is 0 Å². The molecule has 0 bridgehead atoms. The molecule has 0 saturated heterocycles. The molecule has 0 aliphatic carbocycles. The van der Waals surface area contributed by atoms with Crippen molar-refractivity contribution >= 4 is 107 Å². The summed E-state index contributed by atoms with van der Waals surface area (Å²) >= 11 is 3.56. The van der Waals surface area contributed by atoms with E-state index in [-0.39, 0.29) is 0 Å². The van der Waals surface area contributed by atoms with Gasteiger partial charge in [-0.05, 0) is 59.7 Å². The molecule has 0 amide bonds. The van der Waals surface area contributed by atoms with E-state index >= 15 is 0 Å². The summed E-state index contributed by atoms with van der Waals surface area (Å²) in [6.45, 7) is 0. The molecule has 0 atom stereocenters. The first-order valence-corrected chi connectivity index (χ1v) is 21.2. The van der Waals surface area contributed by atoms with Crippen LogP contribution >= 0.6 is 22.7 Å². The lowest BCUT2D eigenvalue weighted by atomic mass is 9.91. The van der Waals surface area contributed by atoms with Gasteiger partial charge in [-0.15, -0.1) is 22.7 Å². The van der Waals surface area contributed by atoms with Crippen molar-refractivity contribution in [2.75, 3.05) is 0 Å². The van der Waals surface area contributed by atoms with Crippen molar-refractivity contribution < 1.29 is 0 Å². The molecule has 1 aliphatic heterocycles. The van der Waals surface area contributed by atoms with Gasteiger partial charge in [-0.25, -0.2) is 9.97 Å². The Kier molecular flexibility index (Phi) is 6.02. The monoisotopic (exact) mass is 772 g/mol. The van der Waals surface area contributed by atoms with Crippen LogP contribution in [-0.2, 0) is 0 Å². The van der Waals surface area contributed by atoms with Gasteiger partial charge in [0.1, 0.15) is 16.0 Å². The zero-order chi connectivity index (χ0) is 37.6. The van der Waals surface area contributed by atoms with Crippen LogP contribution in [0.3, 0.4) is 0 Å². The van der Waals surface area contributed by atoms with Gasteiger partial charge in [0, 0.05) is 68.5 Å². The molecule has 4 nitrogen and oxygen atoms in total. The Balaban J connectivity index is 1.19. The van der Waals surface area contributed by atoms with Crippen LogP contribution in [0.1, 0.15) is 0 Å². The summed E-state index contributed by atoms with van der Waals surface area (Å²) in [5.41, 5.74) is 13.7. The van der Waals surface area contributed by atoms with Crippen molar-refractivity contribution in [2.24, 2.45) is 0 Å². The molecule has 58 heavy (non-hydrogen) atoms. The van der Waals surface area contributed by atoms with Crippen LogP contribution in [0.5, 0.6) is 0 Å². The Morgan fingerprint density at radius 3 is 1.90 bits per heavy atom. The fraction of sp³-hybridized carbons (Fsp3) is 0. The molecule has 0 unspecified atom stereocenters. The number of nitrogens with zero attached hydrogens (tertiary/aromatic N) is 4. The molecule has 0 N–H and O–H groups in total. The summed E-state index contributed by atoms with van der Waals surface area (Å²) in [6.07, 6.45) is 0. The number of aromatic nitrogens is 4. The minimum absolute atomic E-state index is 0.838. The predicted octanol–water partition coefficient (Wildman–Crippen LogP) is 14.7. The van der Waals surface area contributed by atoms with Gasteiger partial charge in [-0.2, -0.15) is 0 Å². The minimum Gasteiger partial charge on any atom is -0.308 e. The van der Waals surface area contributed by atoms with Crippen LogP contribution < -0.4 is 0 Å². The average Bonchev–Trinajstić information content (AvgIpc) is 4.00. The van der Waals surface area contributed by atoms with Crippen LogP contribution in [0.15, 0.2) is 170 Å². The maximum absolute atomic E-state index is 5.69. The Morgan fingerprint density at radius 1 is 0.414 bits per heavy atom. The Bertz CT molecular complexity index is 3930. The molecule has 6 heteroatoms. The van der Waals surface area contributed by atoms with Crippen LogP contribution in [0.4, 0.5) is 0 Å². The van der Waals surface area contributed by atoms with E-state index in [4.69, 9.17) is 9.97 Å². The lowest BCUT2D eigenvalue weighted by Crippen LogP contribution is -2.03. The van der Waals surface area contributed by atoms with E-state index in [9.17, 15) is 0 Å². The number of rotatable bonds is 2. The molecule has 6 heterocycles. The predicted molar refractivity (Wildman–Crippen MR) is 246 cm³/mol. The Labute approximate surface area is 339 Å². The number of fused-ring (bicyclic) bond motifs is 18. The van der Waals surface area contributed by atoms with Crippen molar-refractivity contribution in [3.05, 3.63) is 170 Å². The van der Waals surface area contributed by atoms with E-state index in [1.165, 1.54) is 85.4 Å². The van der Waals surface area contributed by atoms with Crippen LogP contribution in [0.2, 0.25) is 0 Å². The molecule has 14 rings (SSSR count). The second-order valence-electron chi connectivity index (χ2n) is 15.3. The lowest BCUT2D eigenvalue weighted by Gasteiger charge is -2.14. The summed E-state index contributed by atoms with van der Waals surface area (Å²) in [7, 11) is 0. The highest BCUT2D eigenvalue weighted by Crippen LogP contribution is 2.52. The highest BCUT2D eigenvalue weighted by atomic mass is 32.1. The van der Waals surface area contributed by atoms with Gasteiger partial charge in [0.15, 0.2) is 5.82 Å². The zero-order valence-corrected chi connectivity index (χ0v) is 32.4. The standard InChI is InChI=1S/C52H28N4S2/c1-2-17-34-30(13-1)31-14-3-8-20-39(31)55-40-21-9-4-15-32(40)38-28-42-46(47(34)50(38)55)35-18-5-10-22-41(35)56(42)51-48(53-49-36-19-7-12-24-44(36)58-52(49)54-51)29-25-26-45-37(27-29)33-16-6-11-23-43(33)57-45/h1-28H. The largest absolute Gasteiger partial charge is 0.308 e. The van der Waals surface area contributed by atoms with Crippen molar-refractivity contribution in [1.29, 1.82) is 0 Å². The number of hydrogen-bond acceptors (Lipinski definition) is 4. The van der Waals surface area contributed by atoms with Crippen molar-refractivity contribution in [3.63, 3.8) is 0 Å². The van der Waals surface area contributed by atoms with E-state index in [1.54, 1.807) is 11.3 Å². The normalized spacial score (nSPS) is 12.5. The van der Waals surface area contributed by atoms with Crippen molar-refractivity contribution in [2.45, 2.75) is 0 Å². The second-order valence-corrected chi connectivity index (χ2v) is 17.4. The fourth-order valence-corrected chi connectivity index (χ4v) is 12.0. The van der Waals surface area contributed by atoms with E-state index in [0.717, 1.165) is 43.8 Å². The van der Waals surface area contributed by atoms with Crippen LogP contribution in [0, 0.1) is 0 Å². The number of thiophene rings is 2. The smallest absolute Gasteiger partial charge is 0.166 e. The highest BCUT2D eigenvalue weighted by molar-refractivity contribution is 7.26. The van der Waals surface area contributed by atoms with E-state index in [1.807, 2.05) is 11.3 Å². The summed E-state index contributed by atoms with van der Waals surface area (Å²) in [5, 5.41) is 8.51. The maximum atomic E-state index is 5.69. The van der Waals surface area contributed by atoms with Gasteiger partial charge >= 0.3 is 0 Å². The SMILES string of the molecule is c1ccc2c(c1)-c1ccccc1-n1c3ccccc3c3cc4c(c-2c31)c1ccccc1n4-c1nc2sc3ccccc3c2nc1-c1ccc2sc3ccccc3c2c1. The minimum atomic E-state index is 0.838. The first kappa shape index (κ1) is 31.0. The fourth-order valence-electron chi connectivity index (χ4n) is 9.88. The second kappa shape index (κ2) is 11.3. The average molecular weight is 773 g/mol. The first-order chi connectivity index (χ1) is 28.8. The zero-order valence-electron chi connectivity index (χ0n) is 30.8. The molecular weight excluding hydrogens is 745 g/mol. The van der Waals surface area contributed by atoms with Crippen LogP contribution in [0.25, 0.3) is 129 Å². The molecule has 13 aromatic rings. The molecule has 0 fully saturated rings. The third-order valence-electron chi connectivity index (χ3n) is 12.3. The lowest BCUT2D eigenvalue weighted by molar-refractivity contribution is 1.09. The van der Waals surface area contributed by atoms with Gasteiger partial charge in [0.2, 0.25) is 0 Å². The maximum Gasteiger partial charge on any atom is 0.166 e. The molecule has 0 radical (unpaired) electrons. The highest BCUT2D eigenvalue weighted by Gasteiger charge is 2.30. The first-order valence-electron chi connectivity index (χ1n) is 19.6. The molecule has 0 spiro atoms.